The van der Waals surface area contributed by atoms with E-state index < -0.39 is 31.4 Å². The number of fused-ring (bicyclic) bond motifs is 1. The summed E-state index contributed by atoms with van der Waals surface area (Å²) in [7, 11) is -3.93. The average Bonchev–Trinajstić information content (AvgIpc) is 2.64. The molecule has 0 heterocycles. The predicted octanol–water partition coefficient (Wildman–Crippen LogP) is 4.11. The molecule has 2 unspecified atom stereocenters. The minimum atomic E-state index is -3.93. The van der Waals surface area contributed by atoms with Gasteiger partial charge >= 0.3 is 11.9 Å². The summed E-state index contributed by atoms with van der Waals surface area (Å²) in [6, 6.07) is 12.0. The maximum Gasteiger partial charge on any atom is 0.307 e. The van der Waals surface area contributed by atoms with Crippen LogP contribution in [0, 0.1) is 5.92 Å². The van der Waals surface area contributed by atoms with Crippen LogP contribution in [0.5, 0.6) is 0 Å². The van der Waals surface area contributed by atoms with Crippen LogP contribution in [0.15, 0.2) is 42.5 Å². The molecule has 0 radical (unpaired) electrons. The summed E-state index contributed by atoms with van der Waals surface area (Å²) in [5.41, 5.74) is 0. The second-order valence-electron chi connectivity index (χ2n) is 6.35. The van der Waals surface area contributed by atoms with E-state index in [1.54, 1.807) is 36.4 Å². The van der Waals surface area contributed by atoms with Gasteiger partial charge in [-0.15, -0.1) is 0 Å². The van der Waals surface area contributed by atoms with Crippen molar-refractivity contribution in [3.63, 3.8) is 0 Å². The first-order valence-corrected chi connectivity index (χ1v) is 10.8. The lowest BCUT2D eigenvalue weighted by molar-refractivity contribution is -0.142. The quantitative estimate of drug-likeness (QED) is 0.581. The van der Waals surface area contributed by atoms with Crippen molar-refractivity contribution in [2.45, 2.75) is 39.5 Å². The summed E-state index contributed by atoms with van der Waals surface area (Å²) in [6.45, 7) is 4.36. The van der Waals surface area contributed by atoms with Gasteiger partial charge in [0.2, 0.25) is 7.37 Å². The van der Waals surface area contributed by atoms with Gasteiger partial charge in [-0.25, -0.2) is 0 Å². The first kappa shape index (κ1) is 22.9. The molecule has 0 aliphatic carbocycles. The molecule has 3 N–H and O–H groups in total. The van der Waals surface area contributed by atoms with Crippen molar-refractivity contribution in [3.8, 4) is 0 Å². The Kier molecular flexibility index (Phi) is 9.19. The first-order valence-electron chi connectivity index (χ1n) is 8.97. The number of aliphatic carboxylic acids is 2. The van der Waals surface area contributed by atoms with E-state index in [0.717, 1.165) is 5.39 Å². The SMILES string of the molecule is CCCC.O=C(O)CCC(CP(=O)(O)c1cccc2ccccc12)C(=O)O. The smallest absolute Gasteiger partial charge is 0.307 e. The second-order valence-corrected chi connectivity index (χ2v) is 8.60. The summed E-state index contributed by atoms with van der Waals surface area (Å²) in [5.74, 6) is -3.57. The minimum Gasteiger partial charge on any atom is -0.481 e. The third-order valence-electron chi connectivity index (χ3n) is 4.17. The van der Waals surface area contributed by atoms with Crippen LogP contribution in [0.25, 0.3) is 10.8 Å². The fourth-order valence-electron chi connectivity index (χ4n) is 2.50. The number of benzene rings is 2. The van der Waals surface area contributed by atoms with Crippen molar-refractivity contribution in [3.05, 3.63) is 42.5 Å². The van der Waals surface area contributed by atoms with Crippen LogP contribution in [-0.4, -0.2) is 33.2 Å². The number of hydrogen-bond acceptors (Lipinski definition) is 3. The molecule has 0 amide bonds. The zero-order valence-electron chi connectivity index (χ0n) is 15.7. The summed E-state index contributed by atoms with van der Waals surface area (Å²) < 4.78 is 12.7. The first-order chi connectivity index (χ1) is 12.7. The van der Waals surface area contributed by atoms with E-state index in [1.165, 1.54) is 18.9 Å². The number of carbonyl (C=O) groups is 2. The zero-order valence-corrected chi connectivity index (χ0v) is 16.6. The van der Waals surface area contributed by atoms with E-state index in [9.17, 15) is 24.2 Å². The van der Waals surface area contributed by atoms with Crippen LogP contribution >= 0.6 is 7.37 Å². The Hall–Kier alpha value is -2.17. The normalized spacial score (nSPS) is 13.9. The molecule has 2 rings (SSSR count). The Morgan fingerprint density at radius 1 is 1.00 bits per heavy atom. The molecule has 0 fully saturated rings. The van der Waals surface area contributed by atoms with Crippen LogP contribution in [-0.2, 0) is 14.2 Å². The number of carboxylic acid groups (broad SMARTS) is 2. The van der Waals surface area contributed by atoms with Crippen molar-refractivity contribution in [2.75, 3.05) is 6.16 Å². The lowest BCUT2D eigenvalue weighted by Gasteiger charge is -2.18. The maximum atomic E-state index is 12.7. The molecule has 2 aromatic carbocycles. The summed E-state index contributed by atoms with van der Waals surface area (Å²) in [4.78, 5) is 32.3. The fourth-order valence-corrected chi connectivity index (χ4v) is 4.53. The highest BCUT2D eigenvalue weighted by molar-refractivity contribution is 7.66. The van der Waals surface area contributed by atoms with E-state index in [2.05, 4.69) is 13.8 Å². The molecule has 0 saturated carbocycles. The molecule has 0 aliphatic rings. The van der Waals surface area contributed by atoms with Gasteiger partial charge in [0.15, 0.2) is 0 Å². The van der Waals surface area contributed by atoms with Gasteiger partial charge in [-0.3, -0.25) is 14.2 Å². The lowest BCUT2D eigenvalue weighted by atomic mass is 10.1. The summed E-state index contributed by atoms with van der Waals surface area (Å²) in [6.07, 6.45) is 1.62. The van der Waals surface area contributed by atoms with Crippen molar-refractivity contribution in [1.82, 2.24) is 0 Å². The third kappa shape index (κ3) is 7.16. The molecule has 2 aromatic rings. The van der Waals surface area contributed by atoms with E-state index in [0.29, 0.717) is 5.39 Å². The van der Waals surface area contributed by atoms with Crippen LogP contribution in [0.4, 0.5) is 0 Å². The lowest BCUT2D eigenvalue weighted by Crippen LogP contribution is -2.22. The van der Waals surface area contributed by atoms with E-state index >= 15 is 0 Å². The topological polar surface area (TPSA) is 112 Å². The zero-order chi connectivity index (χ0) is 20.4. The molecule has 0 aromatic heterocycles. The molecule has 2 atom stereocenters. The van der Waals surface area contributed by atoms with Gasteiger partial charge in [0, 0.05) is 17.9 Å². The minimum absolute atomic E-state index is 0.181. The number of hydrogen-bond donors (Lipinski definition) is 3. The highest BCUT2D eigenvalue weighted by atomic mass is 31.2. The van der Waals surface area contributed by atoms with Crippen LogP contribution < -0.4 is 5.30 Å². The molecule has 7 heteroatoms. The van der Waals surface area contributed by atoms with E-state index in [4.69, 9.17) is 5.11 Å². The fraction of sp³-hybridized carbons (Fsp3) is 0.400. The molecule has 0 saturated heterocycles. The largest absolute Gasteiger partial charge is 0.481 e. The third-order valence-corrected chi connectivity index (χ3v) is 6.25. The number of rotatable bonds is 8. The molecular formula is C20H27O6P. The second kappa shape index (κ2) is 10.9. The van der Waals surface area contributed by atoms with Gasteiger partial charge in [0.1, 0.15) is 0 Å². The molecule has 0 aliphatic heterocycles. The monoisotopic (exact) mass is 394 g/mol. The van der Waals surface area contributed by atoms with Crippen molar-refractivity contribution < 1.29 is 29.3 Å². The Labute approximate surface area is 159 Å². The Morgan fingerprint density at radius 3 is 2.15 bits per heavy atom. The van der Waals surface area contributed by atoms with Gasteiger partial charge in [0.05, 0.1) is 5.92 Å². The van der Waals surface area contributed by atoms with Crippen molar-refractivity contribution in [1.29, 1.82) is 0 Å². The van der Waals surface area contributed by atoms with E-state index in [-0.39, 0.29) is 18.1 Å². The van der Waals surface area contributed by atoms with Crippen molar-refractivity contribution >= 4 is 35.4 Å². The van der Waals surface area contributed by atoms with Crippen LogP contribution in [0.3, 0.4) is 0 Å². The Morgan fingerprint density at radius 2 is 1.59 bits per heavy atom. The maximum absolute atomic E-state index is 12.7. The molecule has 6 nitrogen and oxygen atoms in total. The standard InChI is InChI=1S/C16H17O6P.C4H10/c17-15(18)9-8-12(16(19)20)10-23(21,22)14-7-3-5-11-4-1-2-6-13(11)14;1-3-4-2/h1-7,12H,8-10H2,(H,17,18)(H,19,20)(H,21,22);3-4H2,1-2H3. The number of unbranched alkanes of at least 4 members (excludes halogenated alkanes) is 1. The van der Waals surface area contributed by atoms with Gasteiger partial charge in [-0.1, -0.05) is 63.1 Å². The molecule has 0 bridgehead atoms. The predicted molar refractivity (Wildman–Crippen MR) is 107 cm³/mol. The molecule has 27 heavy (non-hydrogen) atoms. The Bertz CT molecular complexity index is 810. The van der Waals surface area contributed by atoms with Gasteiger partial charge in [-0.2, -0.15) is 0 Å². The summed E-state index contributed by atoms with van der Waals surface area (Å²) in [5, 5.41) is 19.5. The van der Waals surface area contributed by atoms with Gasteiger partial charge < -0.3 is 15.1 Å². The highest BCUT2D eigenvalue weighted by Crippen LogP contribution is 2.44. The van der Waals surface area contributed by atoms with E-state index in [1.807, 2.05) is 0 Å². The highest BCUT2D eigenvalue weighted by Gasteiger charge is 2.31. The number of carboxylic acids is 2. The average molecular weight is 394 g/mol. The summed E-state index contributed by atoms with van der Waals surface area (Å²) >= 11 is 0. The van der Waals surface area contributed by atoms with Crippen LogP contribution in [0.2, 0.25) is 0 Å². The van der Waals surface area contributed by atoms with Gasteiger partial charge in [-0.05, 0) is 23.3 Å². The van der Waals surface area contributed by atoms with Gasteiger partial charge in [0.25, 0.3) is 0 Å². The molecule has 0 spiro atoms. The van der Waals surface area contributed by atoms with Crippen molar-refractivity contribution in [2.24, 2.45) is 5.92 Å². The van der Waals surface area contributed by atoms with Crippen LogP contribution in [0.1, 0.15) is 39.5 Å². The Balaban J connectivity index is 0.000000828. The molecular weight excluding hydrogens is 367 g/mol. The molecule has 148 valence electrons.